The summed E-state index contributed by atoms with van der Waals surface area (Å²) in [7, 11) is 0. The monoisotopic (exact) mass is 283 g/mol. The predicted molar refractivity (Wildman–Crippen MR) is 83.8 cm³/mol. The van der Waals surface area contributed by atoms with Gasteiger partial charge in [-0.1, -0.05) is 32.4 Å². The number of nitrogens with one attached hydrogen (secondary N) is 2. The van der Waals surface area contributed by atoms with Gasteiger partial charge in [-0.25, -0.2) is 0 Å². The molecule has 0 bridgehead atoms. The molecule has 2 aromatic rings. The van der Waals surface area contributed by atoms with Gasteiger partial charge in [0.25, 0.3) is 0 Å². The molecule has 1 aromatic heterocycles. The first-order valence-electron chi connectivity index (χ1n) is 7.47. The van der Waals surface area contributed by atoms with E-state index in [2.05, 4.69) is 29.4 Å². The normalized spacial score (nSPS) is 20.4. The second-order valence-electron chi connectivity index (χ2n) is 6.47. The van der Waals surface area contributed by atoms with Gasteiger partial charge in [0.1, 0.15) is 0 Å². The van der Waals surface area contributed by atoms with Gasteiger partial charge < -0.3 is 5.32 Å². The number of hydrogen-bond acceptors (Lipinski definition) is 2. The molecule has 0 spiro atoms. The lowest BCUT2D eigenvalue weighted by molar-refractivity contribution is -0.122. The van der Waals surface area contributed by atoms with Crippen molar-refractivity contribution >= 4 is 11.6 Å². The molecule has 1 aliphatic rings. The number of carbonyl (C=O) groups is 1. The molecule has 0 radical (unpaired) electrons. The zero-order chi connectivity index (χ0) is 14.9. The van der Waals surface area contributed by atoms with E-state index >= 15 is 0 Å². The smallest absolute Gasteiger partial charge is 0.228 e. The van der Waals surface area contributed by atoms with Gasteiger partial charge >= 0.3 is 0 Å². The molecule has 0 saturated heterocycles. The number of benzene rings is 1. The van der Waals surface area contributed by atoms with E-state index in [1.807, 2.05) is 30.3 Å². The Labute approximate surface area is 125 Å². The van der Waals surface area contributed by atoms with Crippen molar-refractivity contribution in [3.05, 3.63) is 36.5 Å². The minimum absolute atomic E-state index is 0.102. The van der Waals surface area contributed by atoms with E-state index < -0.39 is 0 Å². The summed E-state index contributed by atoms with van der Waals surface area (Å²) in [6, 6.07) is 9.78. The summed E-state index contributed by atoms with van der Waals surface area (Å²) in [5, 5.41) is 9.97. The second-order valence-corrected chi connectivity index (χ2v) is 6.47. The average molecular weight is 283 g/mol. The van der Waals surface area contributed by atoms with E-state index in [0.717, 1.165) is 36.2 Å². The zero-order valence-corrected chi connectivity index (χ0v) is 12.5. The van der Waals surface area contributed by atoms with Gasteiger partial charge in [-0.05, 0) is 36.5 Å². The van der Waals surface area contributed by atoms with Crippen molar-refractivity contribution in [1.82, 2.24) is 10.2 Å². The first-order valence-corrected chi connectivity index (χ1v) is 7.47. The van der Waals surface area contributed by atoms with Crippen LogP contribution in [0.25, 0.3) is 11.3 Å². The van der Waals surface area contributed by atoms with E-state index in [4.69, 9.17) is 0 Å². The Hall–Kier alpha value is -2.10. The highest BCUT2D eigenvalue weighted by atomic mass is 16.1. The molecule has 21 heavy (non-hydrogen) atoms. The predicted octanol–water partition coefficient (Wildman–Crippen LogP) is 3.84. The first kappa shape index (κ1) is 13.9. The molecular formula is C17H21N3O. The molecule has 1 unspecified atom stereocenters. The van der Waals surface area contributed by atoms with Gasteiger partial charge in [0.2, 0.25) is 5.91 Å². The van der Waals surface area contributed by atoms with Crippen LogP contribution in [0.3, 0.4) is 0 Å². The fourth-order valence-electron chi connectivity index (χ4n) is 3.22. The van der Waals surface area contributed by atoms with Crippen molar-refractivity contribution in [1.29, 1.82) is 0 Å². The van der Waals surface area contributed by atoms with Gasteiger partial charge in [0.05, 0.1) is 5.69 Å². The summed E-state index contributed by atoms with van der Waals surface area (Å²) in [6.45, 7) is 4.37. The molecule has 1 atom stereocenters. The summed E-state index contributed by atoms with van der Waals surface area (Å²) in [4.78, 5) is 12.5. The van der Waals surface area contributed by atoms with Gasteiger partial charge in [0.15, 0.2) is 0 Å². The first-order chi connectivity index (χ1) is 10.1. The van der Waals surface area contributed by atoms with Gasteiger partial charge in [-0.3, -0.25) is 9.89 Å². The van der Waals surface area contributed by atoms with Crippen LogP contribution in [-0.2, 0) is 4.79 Å². The van der Waals surface area contributed by atoms with Crippen molar-refractivity contribution in [2.24, 2.45) is 11.3 Å². The maximum atomic E-state index is 12.5. The van der Waals surface area contributed by atoms with Gasteiger partial charge in [0, 0.05) is 23.4 Å². The standard InChI is InChI=1S/C17H21N3O/c1-17(2)9-4-7-14(17)16(21)19-13-6-3-5-12(11-13)15-8-10-18-20-15/h3,5-6,8,10-11,14H,4,7,9H2,1-2H3,(H,18,20)(H,19,21). The fourth-order valence-corrected chi connectivity index (χ4v) is 3.22. The molecule has 1 aromatic carbocycles. The molecular weight excluding hydrogens is 262 g/mol. The van der Waals surface area contributed by atoms with E-state index in [1.165, 1.54) is 0 Å². The number of aromatic amines is 1. The molecule has 1 fully saturated rings. The summed E-state index contributed by atoms with van der Waals surface area (Å²) < 4.78 is 0. The molecule has 1 aliphatic carbocycles. The molecule has 0 aliphatic heterocycles. The number of hydrogen-bond donors (Lipinski definition) is 2. The Balaban J connectivity index is 1.76. The van der Waals surface area contributed by atoms with Crippen LogP contribution < -0.4 is 5.32 Å². The number of aromatic nitrogens is 2. The molecule has 4 heteroatoms. The number of nitrogens with zero attached hydrogens (tertiary/aromatic N) is 1. The fraction of sp³-hybridized carbons (Fsp3) is 0.412. The maximum Gasteiger partial charge on any atom is 0.228 e. The third-order valence-corrected chi connectivity index (χ3v) is 4.52. The number of carbonyl (C=O) groups excluding carboxylic acids is 1. The highest BCUT2D eigenvalue weighted by Crippen LogP contribution is 2.43. The van der Waals surface area contributed by atoms with Crippen molar-refractivity contribution in [2.75, 3.05) is 5.32 Å². The SMILES string of the molecule is CC1(C)CCCC1C(=O)Nc1cccc(-c2ccn[nH]2)c1. The number of H-pyrrole nitrogens is 1. The minimum atomic E-state index is 0.102. The van der Waals surface area contributed by atoms with E-state index in [-0.39, 0.29) is 17.2 Å². The third-order valence-electron chi connectivity index (χ3n) is 4.52. The van der Waals surface area contributed by atoms with Crippen LogP contribution in [0.4, 0.5) is 5.69 Å². The van der Waals surface area contributed by atoms with Crippen LogP contribution in [-0.4, -0.2) is 16.1 Å². The topological polar surface area (TPSA) is 57.8 Å². The van der Waals surface area contributed by atoms with Crippen LogP contribution in [0, 0.1) is 11.3 Å². The lowest BCUT2D eigenvalue weighted by Crippen LogP contribution is -2.30. The minimum Gasteiger partial charge on any atom is -0.326 e. The zero-order valence-electron chi connectivity index (χ0n) is 12.5. The van der Waals surface area contributed by atoms with Crippen LogP contribution in [0.2, 0.25) is 0 Å². The quantitative estimate of drug-likeness (QED) is 0.899. The Morgan fingerprint density at radius 1 is 1.38 bits per heavy atom. The summed E-state index contributed by atoms with van der Waals surface area (Å²) >= 11 is 0. The summed E-state index contributed by atoms with van der Waals surface area (Å²) in [5.74, 6) is 0.243. The molecule has 1 heterocycles. The molecule has 1 saturated carbocycles. The average Bonchev–Trinajstić information content (AvgIpc) is 3.08. The Morgan fingerprint density at radius 2 is 2.24 bits per heavy atom. The van der Waals surface area contributed by atoms with Gasteiger partial charge in [-0.2, -0.15) is 5.10 Å². The second kappa shape index (κ2) is 5.35. The largest absolute Gasteiger partial charge is 0.326 e. The third kappa shape index (κ3) is 2.84. The molecule has 2 N–H and O–H groups in total. The maximum absolute atomic E-state index is 12.5. The van der Waals surface area contributed by atoms with E-state index in [0.29, 0.717) is 0 Å². The number of rotatable bonds is 3. The summed E-state index contributed by atoms with van der Waals surface area (Å²) in [5.41, 5.74) is 2.92. The van der Waals surface area contributed by atoms with E-state index in [1.54, 1.807) is 6.20 Å². The summed E-state index contributed by atoms with van der Waals surface area (Å²) in [6.07, 6.45) is 4.97. The van der Waals surface area contributed by atoms with Crippen LogP contribution >= 0.6 is 0 Å². The molecule has 4 nitrogen and oxygen atoms in total. The molecule has 110 valence electrons. The number of amides is 1. The highest BCUT2D eigenvalue weighted by Gasteiger charge is 2.39. The lowest BCUT2D eigenvalue weighted by atomic mass is 9.81. The molecule has 3 rings (SSSR count). The van der Waals surface area contributed by atoms with Crippen molar-refractivity contribution in [3.8, 4) is 11.3 Å². The van der Waals surface area contributed by atoms with Crippen molar-refractivity contribution in [2.45, 2.75) is 33.1 Å². The Morgan fingerprint density at radius 3 is 2.90 bits per heavy atom. The lowest BCUT2D eigenvalue weighted by Gasteiger charge is -2.25. The number of anilines is 1. The van der Waals surface area contributed by atoms with Crippen LogP contribution in [0.1, 0.15) is 33.1 Å². The molecule has 1 amide bonds. The van der Waals surface area contributed by atoms with E-state index in [9.17, 15) is 4.79 Å². The van der Waals surface area contributed by atoms with Crippen molar-refractivity contribution < 1.29 is 4.79 Å². The van der Waals surface area contributed by atoms with Crippen LogP contribution in [0.5, 0.6) is 0 Å². The van der Waals surface area contributed by atoms with Crippen molar-refractivity contribution in [3.63, 3.8) is 0 Å². The highest BCUT2D eigenvalue weighted by molar-refractivity contribution is 5.93. The van der Waals surface area contributed by atoms with Crippen LogP contribution in [0.15, 0.2) is 36.5 Å². The van der Waals surface area contributed by atoms with Gasteiger partial charge in [-0.15, -0.1) is 0 Å². The Kier molecular flexibility index (Phi) is 3.53. The Bertz CT molecular complexity index is 631.